The van der Waals surface area contributed by atoms with Gasteiger partial charge in [-0.2, -0.15) is 0 Å². The van der Waals surface area contributed by atoms with Crippen LogP contribution in [0.4, 0.5) is 0 Å². The third kappa shape index (κ3) is 3.96. The first-order chi connectivity index (χ1) is 2.41. The molecular weight excluding hydrogens is 64.0 g/mol. The Balaban J connectivity index is 2.19. The van der Waals surface area contributed by atoms with Crippen molar-refractivity contribution in [1.82, 2.24) is 0 Å². The first-order valence-corrected chi connectivity index (χ1v) is 1.72. The van der Waals surface area contributed by atoms with Crippen LogP contribution in [0, 0.1) is 6.92 Å². The number of hydrogen-bond donors (Lipinski definition) is 1. The van der Waals surface area contributed by atoms with Gasteiger partial charge in [0.05, 0.1) is 0 Å². The molecule has 0 spiro atoms. The van der Waals surface area contributed by atoms with Gasteiger partial charge in [-0.15, -0.1) is 0 Å². The molecule has 1 heteroatoms. The molecular formula is C4H8O. The van der Waals surface area contributed by atoms with Crippen molar-refractivity contribution in [3.63, 3.8) is 0 Å². The van der Waals surface area contributed by atoms with E-state index in [2.05, 4.69) is 0 Å². The Labute approximate surface area is 32.6 Å². The average Bonchev–Trinajstić information content (AvgIpc) is 1.41. The maximum absolute atomic E-state index is 7.99. The van der Waals surface area contributed by atoms with E-state index in [1.165, 1.54) is 0 Å². The molecule has 0 fully saturated rings. The monoisotopic (exact) mass is 72.1 g/mol. The highest BCUT2D eigenvalue weighted by atomic mass is 16.2. The number of hydrogen-bond acceptors (Lipinski definition) is 1. The third-order valence-electron chi connectivity index (χ3n) is 0.362. The Kier molecular flexibility index (Phi) is 3.93. The fraction of sp³-hybridized carbons (Fsp3) is 0.750. The van der Waals surface area contributed by atoms with Crippen molar-refractivity contribution in [2.45, 2.75) is 12.8 Å². The van der Waals surface area contributed by atoms with Crippen molar-refractivity contribution in [2.24, 2.45) is 0 Å². The van der Waals surface area contributed by atoms with Crippen molar-refractivity contribution in [3.8, 4) is 0 Å². The van der Waals surface area contributed by atoms with Gasteiger partial charge in [-0.05, 0) is 19.8 Å². The fourth-order valence-electron chi connectivity index (χ4n) is 0.0913. The molecule has 0 aromatic carbocycles. The number of unbranched alkanes of at least 4 members (excludes halogenated alkanes) is 1. The Morgan fingerprint density at radius 3 is 2.20 bits per heavy atom. The molecule has 0 aliphatic rings. The van der Waals surface area contributed by atoms with Crippen molar-refractivity contribution in [1.29, 1.82) is 0 Å². The molecule has 1 nitrogen and oxygen atoms in total. The molecule has 5 heavy (non-hydrogen) atoms. The first-order valence-electron chi connectivity index (χ1n) is 1.72. The van der Waals surface area contributed by atoms with Gasteiger partial charge < -0.3 is 5.11 Å². The topological polar surface area (TPSA) is 20.2 Å². The van der Waals surface area contributed by atoms with Crippen LogP contribution in [0.25, 0.3) is 0 Å². The molecule has 2 radical (unpaired) electrons. The standard InChI is InChI=1S/C4H8O/c1-2-3-4-5/h1,5H,2-4H2. The van der Waals surface area contributed by atoms with E-state index in [0.717, 1.165) is 6.42 Å². The van der Waals surface area contributed by atoms with Crippen LogP contribution in [0.15, 0.2) is 0 Å². The summed E-state index contributed by atoms with van der Waals surface area (Å²) in [5.41, 5.74) is 0. The maximum atomic E-state index is 7.99. The summed E-state index contributed by atoms with van der Waals surface area (Å²) in [6.45, 7) is 5.20. The molecule has 0 aromatic rings. The van der Waals surface area contributed by atoms with Crippen molar-refractivity contribution >= 4 is 0 Å². The zero-order chi connectivity index (χ0) is 4.12. The van der Waals surface area contributed by atoms with Gasteiger partial charge in [0, 0.05) is 6.61 Å². The second-order valence-corrected chi connectivity index (χ2v) is 0.866. The molecule has 0 saturated carbocycles. The highest BCUT2D eigenvalue weighted by Crippen LogP contribution is 1.78. The quantitative estimate of drug-likeness (QED) is 0.502. The Morgan fingerprint density at radius 2 is 2.20 bits per heavy atom. The van der Waals surface area contributed by atoms with Crippen molar-refractivity contribution < 1.29 is 5.11 Å². The Bertz CT molecular complexity index is 11.1. The smallest absolute Gasteiger partial charge is 0.0431 e. The summed E-state index contributed by atoms with van der Waals surface area (Å²) in [5.74, 6) is 0. The van der Waals surface area contributed by atoms with Gasteiger partial charge in [0.15, 0.2) is 0 Å². The van der Waals surface area contributed by atoms with Gasteiger partial charge in [0.2, 0.25) is 0 Å². The molecule has 0 rings (SSSR count). The van der Waals surface area contributed by atoms with Crippen LogP contribution < -0.4 is 0 Å². The third-order valence-corrected chi connectivity index (χ3v) is 0.362. The second-order valence-electron chi connectivity index (χ2n) is 0.866. The summed E-state index contributed by atoms with van der Waals surface area (Å²) in [5, 5.41) is 7.99. The minimum atomic E-state index is 0.219. The zero-order valence-corrected chi connectivity index (χ0v) is 3.15. The van der Waals surface area contributed by atoms with E-state index in [-0.39, 0.29) is 6.61 Å². The highest BCUT2D eigenvalue weighted by Gasteiger charge is 1.69. The van der Waals surface area contributed by atoms with E-state index < -0.39 is 0 Å². The molecule has 0 heterocycles. The number of rotatable bonds is 2. The molecule has 0 unspecified atom stereocenters. The van der Waals surface area contributed by atoms with Crippen LogP contribution in [-0.4, -0.2) is 11.7 Å². The molecule has 0 amide bonds. The molecule has 0 aliphatic heterocycles. The Morgan fingerprint density at radius 1 is 1.60 bits per heavy atom. The van der Waals surface area contributed by atoms with E-state index in [9.17, 15) is 0 Å². The summed E-state index contributed by atoms with van der Waals surface area (Å²) in [7, 11) is 0. The van der Waals surface area contributed by atoms with E-state index in [4.69, 9.17) is 12.0 Å². The van der Waals surface area contributed by atoms with Crippen LogP contribution >= 0.6 is 0 Å². The Hall–Kier alpha value is -0.0400. The number of aliphatic hydroxyl groups is 1. The molecule has 1 N–H and O–H groups in total. The van der Waals surface area contributed by atoms with E-state index in [1.807, 2.05) is 0 Å². The zero-order valence-electron chi connectivity index (χ0n) is 3.15. The van der Waals surface area contributed by atoms with Crippen molar-refractivity contribution in [3.05, 3.63) is 6.92 Å². The average molecular weight is 72.1 g/mol. The summed E-state index contributed by atoms with van der Waals surface area (Å²) in [6, 6.07) is 0. The highest BCUT2D eigenvalue weighted by molar-refractivity contribution is 4.34. The lowest BCUT2D eigenvalue weighted by atomic mass is 10.4. The van der Waals surface area contributed by atoms with Crippen LogP contribution in [0.2, 0.25) is 0 Å². The lowest BCUT2D eigenvalue weighted by Crippen LogP contribution is -1.75. The van der Waals surface area contributed by atoms with Gasteiger partial charge in [-0.3, -0.25) is 0 Å². The van der Waals surface area contributed by atoms with Gasteiger partial charge in [0.1, 0.15) is 0 Å². The molecule has 0 atom stereocenters. The molecule has 30 valence electrons. The van der Waals surface area contributed by atoms with Crippen LogP contribution in [0.1, 0.15) is 12.8 Å². The van der Waals surface area contributed by atoms with Gasteiger partial charge in [-0.25, -0.2) is 0 Å². The van der Waals surface area contributed by atoms with Crippen molar-refractivity contribution in [2.75, 3.05) is 6.61 Å². The van der Waals surface area contributed by atoms with Crippen LogP contribution in [0.3, 0.4) is 0 Å². The number of aliphatic hydroxyl groups excluding tert-OH is 1. The second kappa shape index (κ2) is 3.96. The minimum Gasteiger partial charge on any atom is -0.396 e. The lowest BCUT2D eigenvalue weighted by molar-refractivity contribution is 0.289. The van der Waals surface area contributed by atoms with E-state index in [1.54, 1.807) is 0 Å². The molecule has 0 aromatic heterocycles. The summed E-state index contributed by atoms with van der Waals surface area (Å²) in [6.07, 6.45) is 1.32. The van der Waals surface area contributed by atoms with E-state index >= 15 is 0 Å². The largest absolute Gasteiger partial charge is 0.396 e. The minimum absolute atomic E-state index is 0.219. The van der Waals surface area contributed by atoms with Crippen LogP contribution in [-0.2, 0) is 0 Å². The summed E-state index contributed by atoms with van der Waals surface area (Å²) < 4.78 is 0. The lowest BCUT2D eigenvalue weighted by Gasteiger charge is -1.79. The van der Waals surface area contributed by atoms with Gasteiger partial charge in [0.25, 0.3) is 0 Å². The molecule has 0 bridgehead atoms. The molecule has 0 saturated heterocycles. The van der Waals surface area contributed by atoms with E-state index in [0.29, 0.717) is 6.42 Å². The maximum Gasteiger partial charge on any atom is 0.0431 e. The predicted molar refractivity (Wildman–Crippen MR) is 20.6 cm³/mol. The summed E-state index contributed by atoms with van der Waals surface area (Å²) >= 11 is 0. The fourth-order valence-corrected chi connectivity index (χ4v) is 0.0913. The first kappa shape index (κ1) is 4.96. The predicted octanol–water partition coefficient (Wildman–Crippen LogP) is 0.470. The SMILES string of the molecule is [CH]CCCO. The summed E-state index contributed by atoms with van der Waals surface area (Å²) in [4.78, 5) is 0. The van der Waals surface area contributed by atoms with Gasteiger partial charge >= 0.3 is 0 Å². The van der Waals surface area contributed by atoms with Crippen LogP contribution in [0.5, 0.6) is 0 Å². The molecule has 0 aliphatic carbocycles. The normalized spacial score (nSPS) is 8.40. The van der Waals surface area contributed by atoms with Gasteiger partial charge in [-0.1, -0.05) is 0 Å².